The number of carbonyl (C=O) groups excluding carboxylic acids is 1. The van der Waals surface area contributed by atoms with Crippen LogP contribution in [-0.2, 0) is 6.42 Å². The third-order valence-corrected chi connectivity index (χ3v) is 5.79. The van der Waals surface area contributed by atoms with E-state index in [0.717, 1.165) is 30.5 Å². The van der Waals surface area contributed by atoms with Gasteiger partial charge in [0.2, 0.25) is 0 Å². The third-order valence-electron chi connectivity index (χ3n) is 5.55. The first-order valence-electron chi connectivity index (χ1n) is 9.40. The van der Waals surface area contributed by atoms with Gasteiger partial charge in [-0.1, -0.05) is 41.9 Å². The first-order valence-corrected chi connectivity index (χ1v) is 9.78. The van der Waals surface area contributed by atoms with E-state index in [1.54, 1.807) is 6.07 Å². The van der Waals surface area contributed by atoms with Crippen LogP contribution in [0.5, 0.6) is 0 Å². The van der Waals surface area contributed by atoms with Crippen LogP contribution in [-0.4, -0.2) is 35.7 Å². The normalized spacial score (nSPS) is 19.8. The van der Waals surface area contributed by atoms with Gasteiger partial charge >= 0.3 is 6.03 Å². The largest absolute Gasteiger partial charge is 0.396 e. The lowest BCUT2D eigenvalue weighted by atomic mass is 9.75. The molecule has 1 aliphatic heterocycles. The first-order chi connectivity index (χ1) is 12.9. The van der Waals surface area contributed by atoms with Crippen LogP contribution in [0.4, 0.5) is 10.5 Å². The van der Waals surface area contributed by atoms with Gasteiger partial charge in [0.05, 0.1) is 6.61 Å². The van der Waals surface area contributed by atoms with E-state index in [2.05, 4.69) is 24.4 Å². The Balaban J connectivity index is 1.74. The van der Waals surface area contributed by atoms with E-state index in [-0.39, 0.29) is 18.1 Å². The van der Waals surface area contributed by atoms with Gasteiger partial charge in [-0.15, -0.1) is 0 Å². The monoisotopic (exact) mass is 386 g/mol. The maximum absolute atomic E-state index is 12.8. The zero-order valence-electron chi connectivity index (χ0n) is 16.0. The maximum Gasteiger partial charge on any atom is 0.321 e. The number of benzene rings is 2. The van der Waals surface area contributed by atoms with Crippen LogP contribution < -0.4 is 5.32 Å². The molecule has 1 aliphatic rings. The molecule has 144 valence electrons. The molecular weight excluding hydrogens is 360 g/mol. The molecule has 0 bridgehead atoms. The number of nitrogens with one attached hydrogen (secondary N) is 1. The van der Waals surface area contributed by atoms with Crippen molar-refractivity contribution in [3.8, 4) is 0 Å². The number of piperidine rings is 1. The SMILES string of the molecule is Cc1ccccc1C[C@]1(CO)CCCN(C(=O)Nc2cc(Cl)ccc2C)C1. The van der Waals surface area contributed by atoms with Crippen LogP contribution in [0.25, 0.3) is 0 Å². The molecule has 3 rings (SSSR count). The molecule has 2 amide bonds. The molecule has 2 aromatic rings. The van der Waals surface area contributed by atoms with Gasteiger partial charge in [-0.2, -0.15) is 0 Å². The van der Waals surface area contributed by atoms with Crippen molar-refractivity contribution in [3.05, 3.63) is 64.2 Å². The molecule has 0 saturated carbocycles. The van der Waals surface area contributed by atoms with E-state index in [4.69, 9.17) is 11.6 Å². The highest BCUT2D eigenvalue weighted by molar-refractivity contribution is 6.31. The average molecular weight is 387 g/mol. The van der Waals surface area contributed by atoms with Gasteiger partial charge in [-0.25, -0.2) is 4.79 Å². The molecule has 27 heavy (non-hydrogen) atoms. The topological polar surface area (TPSA) is 52.6 Å². The minimum Gasteiger partial charge on any atom is -0.396 e. The number of carbonyl (C=O) groups is 1. The van der Waals surface area contributed by atoms with Crippen LogP contribution in [0, 0.1) is 19.3 Å². The number of aryl methyl sites for hydroxylation is 2. The Labute approximate surface area is 166 Å². The van der Waals surface area contributed by atoms with Crippen LogP contribution >= 0.6 is 11.6 Å². The summed E-state index contributed by atoms with van der Waals surface area (Å²) in [7, 11) is 0. The van der Waals surface area contributed by atoms with E-state index in [9.17, 15) is 9.90 Å². The quantitative estimate of drug-likeness (QED) is 0.792. The highest BCUT2D eigenvalue weighted by atomic mass is 35.5. The number of hydrogen-bond acceptors (Lipinski definition) is 2. The molecule has 4 nitrogen and oxygen atoms in total. The summed E-state index contributed by atoms with van der Waals surface area (Å²) < 4.78 is 0. The number of hydrogen-bond donors (Lipinski definition) is 2. The summed E-state index contributed by atoms with van der Waals surface area (Å²) in [5.74, 6) is 0. The van der Waals surface area contributed by atoms with Crippen LogP contribution in [0.3, 0.4) is 0 Å². The third kappa shape index (κ3) is 4.63. The van der Waals surface area contributed by atoms with Gasteiger partial charge in [0.25, 0.3) is 0 Å². The molecule has 1 atom stereocenters. The summed E-state index contributed by atoms with van der Waals surface area (Å²) in [4.78, 5) is 14.7. The Morgan fingerprint density at radius 2 is 2.00 bits per heavy atom. The minimum absolute atomic E-state index is 0.0707. The zero-order chi connectivity index (χ0) is 19.4. The maximum atomic E-state index is 12.8. The molecular formula is C22H27ClN2O2. The van der Waals surface area contributed by atoms with Crippen molar-refractivity contribution in [1.29, 1.82) is 0 Å². The smallest absolute Gasteiger partial charge is 0.321 e. The second kappa shape index (κ2) is 8.32. The van der Waals surface area contributed by atoms with Crippen LogP contribution in [0.15, 0.2) is 42.5 Å². The van der Waals surface area contributed by atoms with Crippen molar-refractivity contribution in [2.24, 2.45) is 5.41 Å². The fourth-order valence-corrected chi connectivity index (χ4v) is 4.02. The number of amides is 2. The molecule has 2 aromatic carbocycles. The van der Waals surface area contributed by atoms with Gasteiger partial charge in [-0.3, -0.25) is 0 Å². The molecule has 2 N–H and O–H groups in total. The number of halogens is 1. The van der Waals surface area contributed by atoms with Gasteiger partial charge < -0.3 is 15.3 Å². The lowest BCUT2D eigenvalue weighted by Crippen LogP contribution is -2.50. The molecule has 1 heterocycles. The number of aliphatic hydroxyl groups excluding tert-OH is 1. The minimum atomic E-state index is -0.301. The Kier molecular flexibility index (Phi) is 6.08. The average Bonchev–Trinajstić information content (AvgIpc) is 2.67. The van der Waals surface area contributed by atoms with Crippen molar-refractivity contribution in [1.82, 2.24) is 4.90 Å². The van der Waals surface area contributed by atoms with Crippen molar-refractivity contribution < 1.29 is 9.90 Å². The number of aliphatic hydroxyl groups is 1. The molecule has 5 heteroatoms. The van der Waals surface area contributed by atoms with Gasteiger partial charge in [0.1, 0.15) is 0 Å². The number of likely N-dealkylation sites (tertiary alicyclic amines) is 1. The highest BCUT2D eigenvalue weighted by Gasteiger charge is 2.37. The predicted octanol–water partition coefficient (Wildman–Crippen LogP) is 4.81. The summed E-state index contributed by atoms with van der Waals surface area (Å²) in [5.41, 5.74) is 3.86. The van der Waals surface area contributed by atoms with Crippen molar-refractivity contribution in [3.63, 3.8) is 0 Å². The standard InChI is InChI=1S/C22H27ClN2O2/c1-16-6-3-4-7-18(16)13-22(15-26)10-5-11-25(14-22)21(27)24-20-12-19(23)9-8-17(20)2/h3-4,6-9,12,26H,5,10-11,13-15H2,1-2H3,(H,24,27)/t22-/m1/s1. The van der Waals surface area contributed by atoms with Crippen LogP contribution in [0.2, 0.25) is 5.02 Å². The predicted molar refractivity (Wildman–Crippen MR) is 110 cm³/mol. The van der Waals surface area contributed by atoms with E-state index in [0.29, 0.717) is 18.1 Å². The Morgan fingerprint density at radius 3 is 2.74 bits per heavy atom. The summed E-state index contributed by atoms with van der Waals surface area (Å²) in [5, 5.41) is 13.8. The molecule has 1 fully saturated rings. The number of anilines is 1. The van der Waals surface area contributed by atoms with Crippen molar-refractivity contribution >= 4 is 23.3 Å². The van der Waals surface area contributed by atoms with Crippen molar-refractivity contribution in [2.45, 2.75) is 33.1 Å². The van der Waals surface area contributed by atoms with Gasteiger partial charge in [0, 0.05) is 29.2 Å². The van der Waals surface area contributed by atoms with Gasteiger partial charge in [0.15, 0.2) is 0 Å². The summed E-state index contributed by atoms with van der Waals surface area (Å²) in [6.45, 7) is 5.35. The second-order valence-electron chi connectivity index (χ2n) is 7.68. The molecule has 0 spiro atoms. The molecule has 0 aliphatic carbocycles. The van der Waals surface area contributed by atoms with E-state index in [1.165, 1.54) is 11.1 Å². The number of nitrogens with zero attached hydrogens (tertiary/aromatic N) is 1. The number of urea groups is 1. The Morgan fingerprint density at radius 1 is 1.22 bits per heavy atom. The summed E-state index contributed by atoms with van der Waals surface area (Å²) in [6.07, 6.45) is 2.57. The zero-order valence-corrected chi connectivity index (χ0v) is 16.7. The first kappa shape index (κ1) is 19.7. The fourth-order valence-electron chi connectivity index (χ4n) is 3.85. The Bertz CT molecular complexity index is 824. The fraction of sp³-hybridized carbons (Fsp3) is 0.409. The van der Waals surface area contributed by atoms with Crippen molar-refractivity contribution in [2.75, 3.05) is 25.0 Å². The van der Waals surface area contributed by atoms with Crippen LogP contribution in [0.1, 0.15) is 29.5 Å². The van der Waals surface area contributed by atoms with E-state index < -0.39 is 0 Å². The molecule has 0 radical (unpaired) electrons. The molecule has 0 unspecified atom stereocenters. The Hall–Kier alpha value is -2.04. The van der Waals surface area contributed by atoms with E-state index in [1.807, 2.05) is 36.1 Å². The summed E-state index contributed by atoms with van der Waals surface area (Å²) in [6, 6.07) is 13.6. The second-order valence-corrected chi connectivity index (χ2v) is 8.11. The van der Waals surface area contributed by atoms with Gasteiger partial charge in [-0.05, 0) is 61.9 Å². The number of rotatable bonds is 4. The molecule has 0 aromatic heterocycles. The summed E-state index contributed by atoms with van der Waals surface area (Å²) >= 11 is 6.06. The molecule has 1 saturated heterocycles. The lowest BCUT2D eigenvalue weighted by Gasteiger charge is -2.42. The highest BCUT2D eigenvalue weighted by Crippen LogP contribution is 2.34. The van der Waals surface area contributed by atoms with E-state index >= 15 is 0 Å². The lowest BCUT2D eigenvalue weighted by molar-refractivity contribution is 0.0499.